The van der Waals surface area contributed by atoms with Gasteiger partial charge in [0, 0.05) is 18.3 Å². The second-order valence-electron chi connectivity index (χ2n) is 4.60. The molecule has 3 nitrogen and oxygen atoms in total. The van der Waals surface area contributed by atoms with Gasteiger partial charge in [-0.3, -0.25) is 0 Å². The van der Waals surface area contributed by atoms with Gasteiger partial charge in [0.2, 0.25) is 0 Å². The summed E-state index contributed by atoms with van der Waals surface area (Å²) in [6, 6.07) is 9.72. The van der Waals surface area contributed by atoms with Crippen molar-refractivity contribution in [3.63, 3.8) is 0 Å². The number of hydrogen-bond donors (Lipinski definition) is 1. The summed E-state index contributed by atoms with van der Waals surface area (Å²) in [7, 11) is 4.06. The Hall–Kier alpha value is -1.23. The SMILES string of the molecule is CN(C)Cc1nc(CC(O)c2ccccc2)cs1. The molecule has 1 aromatic heterocycles. The maximum absolute atomic E-state index is 10.1. The lowest BCUT2D eigenvalue weighted by Gasteiger charge is -2.09. The summed E-state index contributed by atoms with van der Waals surface area (Å²) < 4.78 is 0. The molecule has 0 aliphatic rings. The van der Waals surface area contributed by atoms with Crippen molar-refractivity contribution in [2.45, 2.75) is 19.1 Å². The van der Waals surface area contributed by atoms with Crippen molar-refractivity contribution in [2.75, 3.05) is 14.1 Å². The van der Waals surface area contributed by atoms with Crippen LogP contribution >= 0.6 is 11.3 Å². The molecule has 2 aromatic rings. The highest BCUT2D eigenvalue weighted by atomic mass is 32.1. The highest BCUT2D eigenvalue weighted by Crippen LogP contribution is 2.19. The summed E-state index contributed by atoms with van der Waals surface area (Å²) in [5, 5.41) is 13.2. The van der Waals surface area contributed by atoms with E-state index in [9.17, 15) is 5.11 Å². The standard InChI is InChI=1S/C14H18N2OS/c1-16(2)9-14-15-12(10-18-14)8-13(17)11-6-4-3-5-7-11/h3-7,10,13,17H,8-9H2,1-2H3. The maximum Gasteiger partial charge on any atom is 0.107 e. The highest BCUT2D eigenvalue weighted by Gasteiger charge is 2.11. The van der Waals surface area contributed by atoms with Gasteiger partial charge in [-0.1, -0.05) is 30.3 Å². The molecule has 18 heavy (non-hydrogen) atoms. The van der Waals surface area contributed by atoms with Crippen LogP contribution in [0.4, 0.5) is 0 Å². The van der Waals surface area contributed by atoms with Crippen LogP contribution in [-0.2, 0) is 13.0 Å². The number of aliphatic hydroxyl groups excluding tert-OH is 1. The minimum atomic E-state index is -0.472. The topological polar surface area (TPSA) is 36.4 Å². The van der Waals surface area contributed by atoms with E-state index >= 15 is 0 Å². The summed E-state index contributed by atoms with van der Waals surface area (Å²) in [5.41, 5.74) is 1.91. The lowest BCUT2D eigenvalue weighted by atomic mass is 10.1. The average Bonchev–Trinajstić information content (AvgIpc) is 2.76. The number of nitrogens with zero attached hydrogens (tertiary/aromatic N) is 2. The van der Waals surface area contributed by atoms with Gasteiger partial charge in [0.1, 0.15) is 5.01 Å². The molecule has 1 N–H and O–H groups in total. The molecule has 0 amide bonds. The molecule has 0 saturated heterocycles. The van der Waals surface area contributed by atoms with Crippen LogP contribution in [0.3, 0.4) is 0 Å². The number of aliphatic hydroxyl groups is 1. The van der Waals surface area contributed by atoms with Crippen LogP contribution in [-0.4, -0.2) is 29.1 Å². The second kappa shape index (κ2) is 6.09. The van der Waals surface area contributed by atoms with Gasteiger partial charge in [-0.15, -0.1) is 11.3 Å². The molecule has 0 radical (unpaired) electrons. The number of thiazole rings is 1. The summed E-state index contributed by atoms with van der Waals surface area (Å²) >= 11 is 1.65. The van der Waals surface area contributed by atoms with Crippen molar-refractivity contribution in [3.8, 4) is 0 Å². The fourth-order valence-corrected chi connectivity index (χ4v) is 2.70. The van der Waals surface area contributed by atoms with Crippen molar-refractivity contribution in [2.24, 2.45) is 0 Å². The third kappa shape index (κ3) is 3.63. The van der Waals surface area contributed by atoms with Gasteiger partial charge < -0.3 is 10.0 Å². The maximum atomic E-state index is 10.1. The molecular formula is C14H18N2OS. The van der Waals surface area contributed by atoms with Crippen LogP contribution in [0.2, 0.25) is 0 Å². The molecule has 1 aromatic carbocycles. The van der Waals surface area contributed by atoms with Crippen LogP contribution in [0.15, 0.2) is 35.7 Å². The van der Waals surface area contributed by atoms with Crippen molar-refractivity contribution in [1.82, 2.24) is 9.88 Å². The zero-order valence-electron chi connectivity index (χ0n) is 10.7. The molecule has 1 heterocycles. The Bertz CT molecular complexity index is 482. The van der Waals surface area contributed by atoms with Crippen molar-refractivity contribution < 1.29 is 5.11 Å². The Morgan fingerprint density at radius 1 is 1.28 bits per heavy atom. The average molecular weight is 262 g/mol. The van der Waals surface area contributed by atoms with Gasteiger partial charge >= 0.3 is 0 Å². The first-order valence-electron chi connectivity index (χ1n) is 5.96. The quantitative estimate of drug-likeness (QED) is 0.899. The van der Waals surface area contributed by atoms with Gasteiger partial charge in [0.25, 0.3) is 0 Å². The summed E-state index contributed by atoms with van der Waals surface area (Å²) in [4.78, 5) is 6.63. The molecule has 96 valence electrons. The van der Waals surface area contributed by atoms with Crippen LogP contribution in [0, 0.1) is 0 Å². The summed E-state index contributed by atoms with van der Waals surface area (Å²) in [5.74, 6) is 0. The third-order valence-corrected chi connectivity index (χ3v) is 3.52. The van der Waals surface area contributed by atoms with Gasteiger partial charge in [-0.2, -0.15) is 0 Å². The zero-order chi connectivity index (χ0) is 13.0. The molecule has 0 bridgehead atoms. The van der Waals surface area contributed by atoms with E-state index < -0.39 is 6.10 Å². The Morgan fingerprint density at radius 2 is 2.00 bits per heavy atom. The van der Waals surface area contributed by atoms with Crippen LogP contribution in [0.1, 0.15) is 22.4 Å². The first-order valence-corrected chi connectivity index (χ1v) is 6.84. The van der Waals surface area contributed by atoms with Crippen molar-refractivity contribution in [3.05, 3.63) is 52.0 Å². The Balaban J connectivity index is 1.99. The van der Waals surface area contributed by atoms with Gasteiger partial charge in [-0.25, -0.2) is 4.98 Å². The zero-order valence-corrected chi connectivity index (χ0v) is 11.5. The van der Waals surface area contributed by atoms with Gasteiger partial charge in [0.15, 0.2) is 0 Å². The molecular weight excluding hydrogens is 244 g/mol. The molecule has 1 unspecified atom stereocenters. The Morgan fingerprint density at radius 3 is 2.67 bits per heavy atom. The second-order valence-corrected chi connectivity index (χ2v) is 5.54. The molecule has 0 fully saturated rings. The number of hydrogen-bond acceptors (Lipinski definition) is 4. The molecule has 1 atom stereocenters. The van der Waals surface area contributed by atoms with E-state index in [-0.39, 0.29) is 0 Å². The number of benzene rings is 1. The fraction of sp³-hybridized carbons (Fsp3) is 0.357. The Kier molecular flexibility index (Phi) is 4.47. The predicted octanol–water partition coefficient (Wildman–Crippen LogP) is 2.48. The molecule has 0 aliphatic carbocycles. The lowest BCUT2D eigenvalue weighted by Crippen LogP contribution is -2.10. The molecule has 4 heteroatoms. The third-order valence-electron chi connectivity index (χ3n) is 2.64. The first-order chi connectivity index (χ1) is 8.65. The number of rotatable bonds is 5. The van der Waals surface area contributed by atoms with E-state index in [0.717, 1.165) is 22.8 Å². The van der Waals surface area contributed by atoms with Crippen molar-refractivity contribution in [1.29, 1.82) is 0 Å². The van der Waals surface area contributed by atoms with Gasteiger partial charge in [-0.05, 0) is 19.7 Å². The Labute approximate surface area is 112 Å². The highest BCUT2D eigenvalue weighted by molar-refractivity contribution is 7.09. The monoisotopic (exact) mass is 262 g/mol. The van der Waals surface area contributed by atoms with E-state index in [1.54, 1.807) is 11.3 Å². The van der Waals surface area contributed by atoms with E-state index in [4.69, 9.17) is 0 Å². The van der Waals surface area contributed by atoms with E-state index in [1.165, 1.54) is 0 Å². The molecule has 2 rings (SSSR count). The van der Waals surface area contributed by atoms with E-state index in [1.807, 2.05) is 49.8 Å². The molecule has 0 saturated carbocycles. The number of aromatic nitrogens is 1. The minimum Gasteiger partial charge on any atom is -0.388 e. The van der Waals surface area contributed by atoms with Crippen molar-refractivity contribution >= 4 is 11.3 Å². The predicted molar refractivity (Wildman–Crippen MR) is 74.6 cm³/mol. The van der Waals surface area contributed by atoms with E-state index in [0.29, 0.717) is 6.42 Å². The van der Waals surface area contributed by atoms with Crippen LogP contribution in [0.25, 0.3) is 0 Å². The first kappa shape index (κ1) is 13.2. The lowest BCUT2D eigenvalue weighted by molar-refractivity contribution is 0.177. The van der Waals surface area contributed by atoms with E-state index in [2.05, 4.69) is 9.88 Å². The molecule has 0 spiro atoms. The van der Waals surface area contributed by atoms with Crippen LogP contribution < -0.4 is 0 Å². The minimum absolute atomic E-state index is 0.472. The normalized spacial score (nSPS) is 12.9. The van der Waals surface area contributed by atoms with Gasteiger partial charge in [0.05, 0.1) is 11.8 Å². The summed E-state index contributed by atoms with van der Waals surface area (Å²) in [6.07, 6.45) is 0.106. The smallest absolute Gasteiger partial charge is 0.107 e. The molecule has 0 aliphatic heterocycles. The van der Waals surface area contributed by atoms with Crippen LogP contribution in [0.5, 0.6) is 0 Å². The summed E-state index contributed by atoms with van der Waals surface area (Å²) in [6.45, 7) is 0.853. The fourth-order valence-electron chi connectivity index (χ4n) is 1.78. The largest absolute Gasteiger partial charge is 0.388 e.